The maximum atomic E-state index is 13.1. The number of piperazine rings is 1. The molecule has 0 radical (unpaired) electrons. The van der Waals surface area contributed by atoms with Gasteiger partial charge in [0.1, 0.15) is 5.75 Å². The molecule has 8 heteroatoms. The van der Waals surface area contributed by atoms with Crippen LogP contribution < -0.4 is 10.1 Å². The van der Waals surface area contributed by atoms with E-state index in [9.17, 15) is 13.2 Å². The van der Waals surface area contributed by atoms with Gasteiger partial charge in [-0.3, -0.25) is 4.79 Å². The van der Waals surface area contributed by atoms with E-state index >= 15 is 0 Å². The molecule has 1 fully saturated rings. The maximum Gasteiger partial charge on any atom is 0.243 e. The van der Waals surface area contributed by atoms with Crippen molar-refractivity contribution in [3.8, 4) is 5.75 Å². The Hall–Kier alpha value is -3.10. The largest absolute Gasteiger partial charge is 0.495 e. The Morgan fingerprint density at radius 3 is 2.35 bits per heavy atom. The van der Waals surface area contributed by atoms with Crippen LogP contribution >= 0.6 is 0 Å². The van der Waals surface area contributed by atoms with Gasteiger partial charge in [-0.05, 0) is 35.0 Å². The number of carbonyl (C=O) groups excluding carboxylic acids is 1. The highest BCUT2D eigenvalue weighted by atomic mass is 32.2. The van der Waals surface area contributed by atoms with Crippen molar-refractivity contribution in [3.05, 3.63) is 66.7 Å². The monoisotopic (exact) mass is 439 g/mol. The summed E-state index contributed by atoms with van der Waals surface area (Å²) < 4.78 is 32.9. The average molecular weight is 440 g/mol. The lowest BCUT2D eigenvalue weighted by Gasteiger charge is -2.34. The molecule has 4 rings (SSSR count). The molecule has 0 saturated carbocycles. The van der Waals surface area contributed by atoms with Crippen molar-refractivity contribution < 1.29 is 17.9 Å². The minimum Gasteiger partial charge on any atom is -0.495 e. The third-order valence-corrected chi connectivity index (χ3v) is 7.38. The molecule has 1 saturated heterocycles. The van der Waals surface area contributed by atoms with E-state index in [0.29, 0.717) is 18.8 Å². The van der Waals surface area contributed by atoms with Crippen molar-refractivity contribution in [2.45, 2.75) is 4.90 Å². The summed E-state index contributed by atoms with van der Waals surface area (Å²) in [6, 6.07) is 20.2. The van der Waals surface area contributed by atoms with Gasteiger partial charge in [0, 0.05) is 26.2 Å². The number of ether oxygens (including phenoxy) is 1. The zero-order chi connectivity index (χ0) is 21.8. The summed E-state index contributed by atoms with van der Waals surface area (Å²) in [4.78, 5) is 14.6. The zero-order valence-corrected chi connectivity index (χ0v) is 18.1. The van der Waals surface area contributed by atoms with E-state index in [0.717, 1.165) is 16.5 Å². The summed E-state index contributed by atoms with van der Waals surface area (Å²) >= 11 is 0. The van der Waals surface area contributed by atoms with Gasteiger partial charge in [0.05, 0.1) is 24.2 Å². The maximum absolute atomic E-state index is 13.1. The van der Waals surface area contributed by atoms with Crippen LogP contribution in [0.5, 0.6) is 5.75 Å². The number of anilines is 1. The molecule has 0 atom stereocenters. The fraction of sp³-hybridized carbons (Fsp3) is 0.261. The Kier molecular flexibility index (Phi) is 6.11. The van der Waals surface area contributed by atoms with Crippen molar-refractivity contribution in [2.75, 3.05) is 45.2 Å². The summed E-state index contributed by atoms with van der Waals surface area (Å²) in [5.74, 6) is 0.593. The van der Waals surface area contributed by atoms with Crippen LogP contribution in [0.4, 0.5) is 5.69 Å². The van der Waals surface area contributed by atoms with Crippen molar-refractivity contribution in [2.24, 2.45) is 0 Å². The summed E-state index contributed by atoms with van der Waals surface area (Å²) in [6.45, 7) is 1.39. The van der Waals surface area contributed by atoms with Crippen LogP contribution in [-0.2, 0) is 14.8 Å². The highest BCUT2D eigenvalue weighted by Crippen LogP contribution is 2.24. The lowest BCUT2D eigenvalue weighted by atomic mass is 10.1. The van der Waals surface area contributed by atoms with Crippen LogP contribution in [0.15, 0.2) is 71.6 Å². The molecule has 0 aromatic heterocycles. The first kappa shape index (κ1) is 21.1. The van der Waals surface area contributed by atoms with Crippen molar-refractivity contribution >= 4 is 32.4 Å². The van der Waals surface area contributed by atoms with Crippen LogP contribution in [-0.4, -0.2) is 63.4 Å². The number of amides is 1. The fourth-order valence-electron chi connectivity index (χ4n) is 3.73. The number of sulfonamides is 1. The van der Waals surface area contributed by atoms with E-state index in [1.165, 1.54) is 4.31 Å². The molecule has 162 valence electrons. The first-order valence-corrected chi connectivity index (χ1v) is 11.6. The molecule has 0 aliphatic carbocycles. The molecule has 1 heterocycles. The number of hydrogen-bond acceptors (Lipinski definition) is 5. The molecule has 3 aromatic carbocycles. The standard InChI is InChI=1S/C23H25N3O4S/c1-30-22-9-5-4-8-21(22)24-17-23(27)25-12-14-26(15-13-25)31(28,29)20-11-10-18-6-2-3-7-19(18)16-20/h2-11,16,24H,12-15,17H2,1H3. The van der Waals surface area contributed by atoms with Crippen molar-refractivity contribution in [1.82, 2.24) is 9.21 Å². The first-order valence-electron chi connectivity index (χ1n) is 10.1. The van der Waals surface area contributed by atoms with Crippen LogP contribution in [0.3, 0.4) is 0 Å². The Morgan fingerprint density at radius 1 is 0.935 bits per heavy atom. The van der Waals surface area contributed by atoms with Gasteiger partial charge in [-0.1, -0.05) is 42.5 Å². The molecule has 1 amide bonds. The van der Waals surface area contributed by atoms with Crippen LogP contribution in [0.25, 0.3) is 10.8 Å². The number of nitrogens with zero attached hydrogens (tertiary/aromatic N) is 2. The van der Waals surface area contributed by atoms with Gasteiger partial charge < -0.3 is 15.0 Å². The molecule has 7 nitrogen and oxygen atoms in total. The number of methoxy groups -OCH3 is 1. The van der Waals surface area contributed by atoms with E-state index in [-0.39, 0.29) is 30.4 Å². The normalized spacial score (nSPS) is 15.1. The Balaban J connectivity index is 1.37. The van der Waals surface area contributed by atoms with E-state index in [1.807, 2.05) is 54.6 Å². The average Bonchev–Trinajstić information content (AvgIpc) is 2.82. The van der Waals surface area contributed by atoms with Gasteiger partial charge in [0.2, 0.25) is 15.9 Å². The molecule has 3 aromatic rings. The predicted molar refractivity (Wildman–Crippen MR) is 121 cm³/mol. The number of rotatable bonds is 6. The highest BCUT2D eigenvalue weighted by Gasteiger charge is 2.30. The van der Waals surface area contributed by atoms with Crippen molar-refractivity contribution in [3.63, 3.8) is 0 Å². The fourth-order valence-corrected chi connectivity index (χ4v) is 5.19. The van der Waals surface area contributed by atoms with Gasteiger partial charge in [-0.25, -0.2) is 8.42 Å². The van der Waals surface area contributed by atoms with E-state index in [2.05, 4.69) is 5.32 Å². The SMILES string of the molecule is COc1ccccc1NCC(=O)N1CCN(S(=O)(=O)c2ccc3ccccc3c2)CC1. The van der Waals surface area contributed by atoms with Crippen LogP contribution in [0, 0.1) is 0 Å². The molecule has 31 heavy (non-hydrogen) atoms. The zero-order valence-electron chi connectivity index (χ0n) is 17.3. The number of fused-ring (bicyclic) bond motifs is 1. The lowest BCUT2D eigenvalue weighted by molar-refractivity contribution is -0.130. The van der Waals surface area contributed by atoms with E-state index in [4.69, 9.17) is 4.74 Å². The molecule has 1 aliphatic heterocycles. The summed E-state index contributed by atoms with van der Waals surface area (Å²) in [6.07, 6.45) is 0. The number of benzene rings is 3. The smallest absolute Gasteiger partial charge is 0.243 e. The second kappa shape index (κ2) is 8.95. The summed E-state index contributed by atoms with van der Waals surface area (Å²) in [5.41, 5.74) is 0.746. The molecule has 0 bridgehead atoms. The minimum absolute atomic E-state index is 0.0753. The number of hydrogen-bond donors (Lipinski definition) is 1. The van der Waals surface area contributed by atoms with Gasteiger partial charge in [0.25, 0.3) is 0 Å². The first-order chi connectivity index (χ1) is 15.0. The van der Waals surface area contributed by atoms with Gasteiger partial charge in [-0.2, -0.15) is 4.31 Å². The Bertz CT molecular complexity index is 1190. The van der Waals surface area contributed by atoms with Gasteiger partial charge in [-0.15, -0.1) is 0 Å². The number of nitrogens with one attached hydrogen (secondary N) is 1. The molecule has 1 N–H and O–H groups in total. The van der Waals surface area contributed by atoms with Gasteiger partial charge in [0.15, 0.2) is 0 Å². The second-order valence-electron chi connectivity index (χ2n) is 7.35. The van der Waals surface area contributed by atoms with E-state index < -0.39 is 10.0 Å². The van der Waals surface area contributed by atoms with Gasteiger partial charge >= 0.3 is 0 Å². The third kappa shape index (κ3) is 4.50. The molecular formula is C23H25N3O4S. The third-order valence-electron chi connectivity index (χ3n) is 5.49. The topological polar surface area (TPSA) is 79.0 Å². The number of carbonyl (C=O) groups is 1. The molecular weight excluding hydrogens is 414 g/mol. The van der Waals surface area contributed by atoms with E-state index in [1.54, 1.807) is 24.1 Å². The van der Waals surface area contributed by atoms with Crippen molar-refractivity contribution in [1.29, 1.82) is 0 Å². The number of para-hydroxylation sites is 2. The minimum atomic E-state index is -3.60. The summed E-state index contributed by atoms with van der Waals surface area (Å²) in [5, 5.41) is 4.99. The Labute approximate surface area is 182 Å². The lowest BCUT2D eigenvalue weighted by Crippen LogP contribution is -2.51. The second-order valence-corrected chi connectivity index (χ2v) is 9.29. The molecule has 1 aliphatic rings. The molecule has 0 unspecified atom stereocenters. The Morgan fingerprint density at radius 2 is 1.61 bits per heavy atom. The molecule has 0 spiro atoms. The summed E-state index contributed by atoms with van der Waals surface area (Å²) in [7, 11) is -2.02. The highest BCUT2D eigenvalue weighted by molar-refractivity contribution is 7.89. The quantitative estimate of drug-likeness (QED) is 0.639. The van der Waals surface area contributed by atoms with Crippen LogP contribution in [0.1, 0.15) is 0 Å². The predicted octanol–water partition coefficient (Wildman–Crippen LogP) is 2.79. The van der Waals surface area contributed by atoms with Crippen LogP contribution in [0.2, 0.25) is 0 Å².